The van der Waals surface area contributed by atoms with Crippen LogP contribution in [0.4, 0.5) is 0 Å². The van der Waals surface area contributed by atoms with E-state index in [-0.39, 0.29) is 11.9 Å². The van der Waals surface area contributed by atoms with Gasteiger partial charge in [0.2, 0.25) is 5.91 Å². The van der Waals surface area contributed by atoms with Crippen molar-refractivity contribution in [3.63, 3.8) is 0 Å². The molecule has 1 aliphatic rings. The van der Waals surface area contributed by atoms with Gasteiger partial charge in [-0.25, -0.2) is 0 Å². The molecule has 1 aliphatic heterocycles. The zero-order valence-electron chi connectivity index (χ0n) is 14.2. The highest BCUT2D eigenvalue weighted by Gasteiger charge is 2.41. The molecule has 0 bridgehead atoms. The van der Waals surface area contributed by atoms with E-state index in [1.54, 1.807) is 17.9 Å². The van der Waals surface area contributed by atoms with Crippen LogP contribution >= 0.6 is 0 Å². The number of carbonyl (C=O) groups is 1. The van der Waals surface area contributed by atoms with Crippen molar-refractivity contribution in [1.82, 2.24) is 24.1 Å². The van der Waals surface area contributed by atoms with Gasteiger partial charge in [0.15, 0.2) is 0 Å². The number of nitrogens with one attached hydrogen (secondary N) is 2. The van der Waals surface area contributed by atoms with Gasteiger partial charge >= 0.3 is 0 Å². The summed E-state index contributed by atoms with van der Waals surface area (Å²) in [5, 5.41) is 7.12. The smallest absolute Gasteiger partial charge is 0.280 e. The van der Waals surface area contributed by atoms with Crippen molar-refractivity contribution in [2.75, 3.05) is 7.05 Å². The monoisotopic (exact) mass is 343 g/mol. The van der Waals surface area contributed by atoms with Crippen LogP contribution in [0.15, 0.2) is 6.20 Å². The fourth-order valence-corrected chi connectivity index (χ4v) is 3.98. The third kappa shape index (κ3) is 3.73. The van der Waals surface area contributed by atoms with Crippen LogP contribution in [-0.4, -0.2) is 47.5 Å². The predicted molar refractivity (Wildman–Crippen MR) is 86.8 cm³/mol. The summed E-state index contributed by atoms with van der Waals surface area (Å²) in [7, 11) is -0.507. The summed E-state index contributed by atoms with van der Waals surface area (Å²) < 4.78 is 30.1. The molecule has 2 heterocycles. The number of likely N-dealkylation sites (N-methyl/N-ethyl adjacent to an activating group) is 1. The van der Waals surface area contributed by atoms with Crippen molar-refractivity contribution < 1.29 is 13.2 Å². The van der Waals surface area contributed by atoms with E-state index in [9.17, 15) is 13.2 Å². The number of amides is 1. The molecule has 0 unspecified atom stereocenters. The van der Waals surface area contributed by atoms with Gasteiger partial charge in [0, 0.05) is 31.9 Å². The molecule has 1 aromatic rings. The summed E-state index contributed by atoms with van der Waals surface area (Å²) >= 11 is 0. The Morgan fingerprint density at radius 3 is 2.70 bits per heavy atom. The minimum absolute atomic E-state index is 0.00654. The first kappa shape index (κ1) is 17.9. The van der Waals surface area contributed by atoms with Crippen molar-refractivity contribution in [3.8, 4) is 0 Å². The molecule has 0 saturated carbocycles. The lowest BCUT2D eigenvalue weighted by atomic mass is 10.00. The summed E-state index contributed by atoms with van der Waals surface area (Å²) in [6.07, 6.45) is 2.94. The third-order valence-electron chi connectivity index (χ3n) is 4.30. The first-order valence-electron chi connectivity index (χ1n) is 7.71. The fraction of sp³-hybridized carbons (Fsp3) is 0.714. The largest absolute Gasteiger partial charge is 0.352 e. The Bertz CT molecular complexity index is 685. The van der Waals surface area contributed by atoms with Gasteiger partial charge < -0.3 is 5.32 Å². The van der Waals surface area contributed by atoms with Crippen LogP contribution in [0.3, 0.4) is 0 Å². The molecule has 9 heteroatoms. The molecular formula is C14H25N5O3S. The van der Waals surface area contributed by atoms with Gasteiger partial charge in [-0.2, -0.15) is 22.5 Å². The molecule has 0 aliphatic carbocycles. The van der Waals surface area contributed by atoms with E-state index >= 15 is 0 Å². The summed E-state index contributed by atoms with van der Waals surface area (Å²) in [5.41, 5.74) is 1.55. The van der Waals surface area contributed by atoms with Crippen LogP contribution in [0.5, 0.6) is 0 Å². The molecule has 2 rings (SSSR count). The van der Waals surface area contributed by atoms with Gasteiger partial charge in [0.05, 0.1) is 11.7 Å². The van der Waals surface area contributed by atoms with Gasteiger partial charge in [0.25, 0.3) is 10.2 Å². The van der Waals surface area contributed by atoms with Crippen LogP contribution in [0.25, 0.3) is 0 Å². The lowest BCUT2D eigenvalue weighted by Gasteiger charge is -2.36. The van der Waals surface area contributed by atoms with E-state index in [1.807, 2.05) is 20.8 Å². The maximum Gasteiger partial charge on any atom is 0.280 e. The summed E-state index contributed by atoms with van der Waals surface area (Å²) in [6, 6.07) is -1.19. The lowest BCUT2D eigenvalue weighted by molar-refractivity contribution is -0.125. The van der Waals surface area contributed by atoms with E-state index in [1.165, 1.54) is 7.05 Å². The second-order valence-corrected chi connectivity index (χ2v) is 7.87. The SMILES string of the molecule is CC[C@H](C)NC(=O)[C@H]1C[C@@H](c2cn(C)nc2C)NS(=O)(=O)N1C. The molecule has 0 radical (unpaired) electrons. The molecule has 2 N–H and O–H groups in total. The number of carbonyl (C=O) groups excluding carboxylic acids is 1. The van der Waals surface area contributed by atoms with Crippen molar-refractivity contribution in [1.29, 1.82) is 0 Å². The summed E-state index contributed by atoms with van der Waals surface area (Å²) in [5.74, 6) is -0.265. The van der Waals surface area contributed by atoms with Gasteiger partial charge in [-0.3, -0.25) is 9.48 Å². The zero-order chi connectivity index (χ0) is 17.4. The van der Waals surface area contributed by atoms with Crippen LogP contribution < -0.4 is 10.0 Å². The Labute approximate surface area is 137 Å². The number of aryl methyl sites for hydroxylation is 2. The number of nitrogens with zero attached hydrogens (tertiary/aromatic N) is 3. The predicted octanol–water partition coefficient (Wildman–Crippen LogP) is 0.223. The van der Waals surface area contributed by atoms with E-state index in [0.29, 0.717) is 6.42 Å². The highest BCUT2D eigenvalue weighted by molar-refractivity contribution is 7.87. The van der Waals surface area contributed by atoms with Crippen molar-refractivity contribution in [2.24, 2.45) is 7.05 Å². The first-order chi connectivity index (χ1) is 10.7. The summed E-state index contributed by atoms with van der Waals surface area (Å²) in [4.78, 5) is 12.5. The van der Waals surface area contributed by atoms with Crippen LogP contribution in [0.1, 0.15) is 44.0 Å². The molecular weight excluding hydrogens is 318 g/mol. The Morgan fingerprint density at radius 2 is 2.17 bits per heavy atom. The normalized spacial score (nSPS) is 26.0. The van der Waals surface area contributed by atoms with E-state index in [2.05, 4.69) is 15.1 Å². The molecule has 130 valence electrons. The topological polar surface area (TPSA) is 96.3 Å². The standard InChI is InChI=1S/C14H25N5O3S/c1-6-9(2)15-14(20)13-7-12(17-23(21,22)19(13)5)11-8-18(4)16-10(11)3/h8-9,12-13,17H,6-7H2,1-5H3,(H,15,20)/t9-,12-,13+/m0/s1. The number of hydrogen-bond acceptors (Lipinski definition) is 4. The van der Waals surface area contributed by atoms with Crippen LogP contribution in [0, 0.1) is 6.92 Å². The number of hydrogen-bond donors (Lipinski definition) is 2. The molecule has 1 saturated heterocycles. The van der Waals surface area contributed by atoms with E-state index in [0.717, 1.165) is 22.0 Å². The Kier molecular flexibility index (Phi) is 5.12. The zero-order valence-corrected chi connectivity index (χ0v) is 15.0. The average Bonchev–Trinajstić information content (AvgIpc) is 2.80. The van der Waals surface area contributed by atoms with Gasteiger partial charge in [-0.15, -0.1) is 0 Å². The fourth-order valence-electron chi connectivity index (χ4n) is 2.71. The van der Waals surface area contributed by atoms with Gasteiger partial charge in [0.1, 0.15) is 6.04 Å². The average molecular weight is 343 g/mol. The minimum atomic E-state index is -3.72. The molecule has 1 aromatic heterocycles. The molecule has 3 atom stereocenters. The maximum atomic E-state index is 12.5. The van der Waals surface area contributed by atoms with Gasteiger partial charge in [-0.05, 0) is 26.7 Å². The molecule has 1 amide bonds. The third-order valence-corrected chi connectivity index (χ3v) is 5.89. The highest BCUT2D eigenvalue weighted by atomic mass is 32.2. The second-order valence-electron chi connectivity index (χ2n) is 6.10. The number of aromatic nitrogens is 2. The van der Waals surface area contributed by atoms with Gasteiger partial charge in [-0.1, -0.05) is 6.92 Å². The quantitative estimate of drug-likeness (QED) is 0.817. The molecule has 0 spiro atoms. The van der Waals surface area contributed by atoms with E-state index < -0.39 is 22.3 Å². The highest BCUT2D eigenvalue weighted by Crippen LogP contribution is 2.29. The second kappa shape index (κ2) is 6.58. The van der Waals surface area contributed by atoms with Crippen molar-refractivity contribution >= 4 is 16.1 Å². The Morgan fingerprint density at radius 1 is 1.52 bits per heavy atom. The molecule has 23 heavy (non-hydrogen) atoms. The molecule has 0 aromatic carbocycles. The molecule has 8 nitrogen and oxygen atoms in total. The van der Waals surface area contributed by atoms with Crippen LogP contribution in [-0.2, 0) is 22.1 Å². The summed E-state index contributed by atoms with van der Waals surface area (Å²) in [6.45, 7) is 5.70. The first-order valence-corrected chi connectivity index (χ1v) is 9.15. The minimum Gasteiger partial charge on any atom is -0.352 e. The van der Waals surface area contributed by atoms with Crippen molar-refractivity contribution in [2.45, 2.75) is 51.7 Å². The Balaban J connectivity index is 2.28. The number of rotatable bonds is 4. The van der Waals surface area contributed by atoms with E-state index in [4.69, 9.17) is 0 Å². The maximum absolute atomic E-state index is 12.5. The Hall–Kier alpha value is -1.45. The molecule has 1 fully saturated rings. The van der Waals surface area contributed by atoms with Crippen LogP contribution in [0.2, 0.25) is 0 Å². The lowest BCUT2D eigenvalue weighted by Crippen LogP contribution is -2.58. The van der Waals surface area contributed by atoms with Crippen molar-refractivity contribution in [3.05, 3.63) is 17.5 Å².